The summed E-state index contributed by atoms with van der Waals surface area (Å²) in [4.78, 5) is 24.6. The van der Waals surface area contributed by atoms with E-state index < -0.39 is 0 Å². The van der Waals surface area contributed by atoms with Crippen LogP contribution in [0.4, 0.5) is 0 Å². The Morgan fingerprint density at radius 3 is 2.87 bits per heavy atom. The van der Waals surface area contributed by atoms with Crippen molar-refractivity contribution in [1.29, 1.82) is 0 Å². The number of hydrogen-bond acceptors (Lipinski definition) is 3. The number of imidazole rings is 2. The Morgan fingerprint density at radius 2 is 2.04 bits per heavy atom. The quantitative estimate of drug-likeness (QED) is 0.724. The normalized spacial score (nSPS) is 16.9. The molecule has 0 saturated heterocycles. The zero-order valence-electron chi connectivity index (χ0n) is 13.5. The van der Waals surface area contributed by atoms with Crippen LogP contribution in [0.5, 0.6) is 0 Å². The van der Waals surface area contributed by atoms with Gasteiger partial charge in [0.1, 0.15) is 17.0 Å². The number of aromatic amines is 1. The number of fused-ring (bicyclic) bond motifs is 2. The minimum Gasteiger partial charge on any atom is -0.350 e. The minimum absolute atomic E-state index is 0.000733. The third-order valence-electron chi connectivity index (χ3n) is 4.22. The van der Waals surface area contributed by atoms with Gasteiger partial charge in [-0.25, -0.2) is 9.97 Å². The van der Waals surface area contributed by atoms with Crippen LogP contribution in [-0.2, 0) is 6.42 Å². The third kappa shape index (κ3) is 2.40. The number of pyridine rings is 1. The molecule has 0 atom stereocenters. The van der Waals surface area contributed by atoms with Crippen molar-refractivity contribution in [3.05, 3.63) is 41.5 Å². The summed E-state index contributed by atoms with van der Waals surface area (Å²) in [6.45, 7) is 6.97. The van der Waals surface area contributed by atoms with Crippen molar-refractivity contribution in [3.63, 3.8) is 0 Å². The molecule has 0 bridgehead atoms. The van der Waals surface area contributed by atoms with Crippen molar-refractivity contribution < 1.29 is 4.79 Å². The van der Waals surface area contributed by atoms with Crippen molar-refractivity contribution in [3.8, 4) is 11.5 Å². The van der Waals surface area contributed by atoms with Gasteiger partial charge in [-0.05, 0) is 30.4 Å². The molecule has 0 fully saturated rings. The van der Waals surface area contributed by atoms with E-state index in [9.17, 15) is 4.79 Å². The van der Waals surface area contributed by atoms with Gasteiger partial charge in [0, 0.05) is 24.6 Å². The number of aromatic nitrogens is 4. The van der Waals surface area contributed by atoms with Gasteiger partial charge in [-0.2, -0.15) is 0 Å². The molecule has 4 rings (SSSR count). The van der Waals surface area contributed by atoms with Crippen molar-refractivity contribution in [2.45, 2.75) is 27.2 Å². The second kappa shape index (κ2) is 4.68. The van der Waals surface area contributed by atoms with E-state index in [2.05, 4.69) is 34.1 Å². The molecule has 0 unspecified atom stereocenters. The summed E-state index contributed by atoms with van der Waals surface area (Å²) in [5.41, 5.74) is 4.14. The number of carbonyl (C=O) groups excluding carboxylic acids is 1. The van der Waals surface area contributed by atoms with Crippen LogP contribution < -0.4 is 5.32 Å². The summed E-state index contributed by atoms with van der Waals surface area (Å²) in [6.07, 6.45) is 4.74. The molecule has 6 nitrogen and oxygen atoms in total. The van der Waals surface area contributed by atoms with E-state index in [4.69, 9.17) is 0 Å². The first kappa shape index (κ1) is 14.0. The molecule has 0 radical (unpaired) electrons. The molecule has 3 aromatic rings. The molecular weight excluding hydrogens is 290 g/mol. The number of amides is 1. The Hall–Kier alpha value is -2.63. The summed E-state index contributed by atoms with van der Waals surface area (Å²) >= 11 is 0. The molecule has 1 aliphatic heterocycles. The van der Waals surface area contributed by atoms with Gasteiger partial charge < -0.3 is 14.7 Å². The summed E-state index contributed by atoms with van der Waals surface area (Å²) < 4.78 is 1.97. The van der Waals surface area contributed by atoms with E-state index >= 15 is 0 Å². The monoisotopic (exact) mass is 309 g/mol. The Bertz CT molecular complexity index is 918. The molecule has 1 aliphatic rings. The predicted molar refractivity (Wildman–Crippen MR) is 87.3 cm³/mol. The fourth-order valence-electron chi connectivity index (χ4n) is 3.01. The highest BCUT2D eigenvalue weighted by Gasteiger charge is 2.30. The lowest BCUT2D eigenvalue weighted by atomic mass is 9.88. The van der Waals surface area contributed by atoms with E-state index in [1.165, 1.54) is 0 Å². The van der Waals surface area contributed by atoms with Gasteiger partial charge in [-0.1, -0.05) is 19.9 Å². The summed E-state index contributed by atoms with van der Waals surface area (Å²) in [6, 6.07) is 4.00. The number of H-pyrrole nitrogens is 1. The lowest BCUT2D eigenvalue weighted by molar-refractivity contribution is 0.0940. The zero-order valence-corrected chi connectivity index (χ0v) is 13.5. The van der Waals surface area contributed by atoms with E-state index in [-0.39, 0.29) is 11.3 Å². The maximum atomic E-state index is 12.2. The fourth-order valence-corrected chi connectivity index (χ4v) is 3.01. The number of nitrogens with one attached hydrogen (secondary N) is 2. The SMILES string of the molecule is Cc1ccc2nc(-c3nc4c([nH]3)CC(C)(C)CNC4=O)cn2c1. The molecule has 6 heteroatoms. The van der Waals surface area contributed by atoms with Gasteiger partial charge >= 0.3 is 0 Å². The van der Waals surface area contributed by atoms with Gasteiger partial charge in [0.05, 0.1) is 0 Å². The average Bonchev–Trinajstić information content (AvgIpc) is 3.05. The van der Waals surface area contributed by atoms with Gasteiger partial charge in [-0.3, -0.25) is 4.79 Å². The molecule has 1 amide bonds. The molecule has 0 saturated carbocycles. The maximum absolute atomic E-state index is 12.2. The second-order valence-corrected chi connectivity index (χ2v) is 7.03. The van der Waals surface area contributed by atoms with Crippen LogP contribution in [0.2, 0.25) is 0 Å². The number of hydrogen-bond donors (Lipinski definition) is 2. The Labute approximate surface area is 134 Å². The first-order valence-electron chi connectivity index (χ1n) is 7.74. The van der Waals surface area contributed by atoms with Crippen LogP contribution in [0.15, 0.2) is 24.5 Å². The fraction of sp³-hybridized carbons (Fsp3) is 0.353. The summed E-state index contributed by atoms with van der Waals surface area (Å²) in [5.74, 6) is 0.525. The highest BCUT2D eigenvalue weighted by atomic mass is 16.1. The molecule has 0 aromatic carbocycles. The third-order valence-corrected chi connectivity index (χ3v) is 4.22. The summed E-state index contributed by atoms with van der Waals surface area (Å²) in [5, 5.41) is 2.94. The van der Waals surface area contributed by atoms with E-state index in [0.29, 0.717) is 18.1 Å². The lowest BCUT2D eigenvalue weighted by Crippen LogP contribution is -2.32. The first-order valence-corrected chi connectivity index (χ1v) is 7.74. The Morgan fingerprint density at radius 1 is 1.22 bits per heavy atom. The van der Waals surface area contributed by atoms with E-state index in [1.807, 2.05) is 35.9 Å². The second-order valence-electron chi connectivity index (χ2n) is 7.03. The number of aryl methyl sites for hydroxylation is 1. The molecule has 2 N–H and O–H groups in total. The molecule has 0 spiro atoms. The predicted octanol–water partition coefficient (Wildman–Crippen LogP) is 2.34. The van der Waals surface area contributed by atoms with Crippen LogP contribution in [-0.4, -0.2) is 31.8 Å². The van der Waals surface area contributed by atoms with Gasteiger partial charge in [0.15, 0.2) is 5.82 Å². The van der Waals surface area contributed by atoms with Gasteiger partial charge in [0.25, 0.3) is 5.91 Å². The number of carbonyl (C=O) groups is 1. The Balaban J connectivity index is 1.80. The highest BCUT2D eigenvalue weighted by molar-refractivity contribution is 5.94. The number of rotatable bonds is 1. The van der Waals surface area contributed by atoms with Crippen LogP contribution in [0, 0.1) is 12.3 Å². The van der Waals surface area contributed by atoms with Gasteiger partial charge in [-0.15, -0.1) is 0 Å². The van der Waals surface area contributed by atoms with E-state index in [0.717, 1.165) is 29.0 Å². The number of nitrogens with zero attached hydrogens (tertiary/aromatic N) is 3. The molecule has 4 heterocycles. The largest absolute Gasteiger partial charge is 0.350 e. The van der Waals surface area contributed by atoms with Crippen LogP contribution in [0.3, 0.4) is 0 Å². The first-order chi connectivity index (χ1) is 10.9. The molecule has 0 aliphatic carbocycles. The summed E-state index contributed by atoms with van der Waals surface area (Å²) in [7, 11) is 0. The molecular formula is C17H19N5O. The van der Waals surface area contributed by atoms with Crippen LogP contribution in [0.25, 0.3) is 17.2 Å². The lowest BCUT2D eigenvalue weighted by Gasteiger charge is -2.21. The van der Waals surface area contributed by atoms with Crippen molar-refractivity contribution >= 4 is 11.6 Å². The van der Waals surface area contributed by atoms with Crippen molar-refractivity contribution in [2.24, 2.45) is 5.41 Å². The highest BCUT2D eigenvalue weighted by Crippen LogP contribution is 2.27. The minimum atomic E-state index is -0.118. The Kier molecular flexibility index (Phi) is 2.85. The van der Waals surface area contributed by atoms with Crippen LogP contribution in [0.1, 0.15) is 35.6 Å². The van der Waals surface area contributed by atoms with Crippen molar-refractivity contribution in [1.82, 2.24) is 24.7 Å². The van der Waals surface area contributed by atoms with E-state index in [1.54, 1.807) is 0 Å². The topological polar surface area (TPSA) is 75.1 Å². The zero-order chi connectivity index (χ0) is 16.2. The van der Waals surface area contributed by atoms with Crippen molar-refractivity contribution in [2.75, 3.05) is 6.54 Å². The van der Waals surface area contributed by atoms with Crippen LogP contribution >= 0.6 is 0 Å². The average molecular weight is 309 g/mol. The molecule has 23 heavy (non-hydrogen) atoms. The smallest absolute Gasteiger partial charge is 0.271 e. The molecule has 118 valence electrons. The van der Waals surface area contributed by atoms with Gasteiger partial charge in [0.2, 0.25) is 0 Å². The maximum Gasteiger partial charge on any atom is 0.271 e. The standard InChI is InChI=1S/C17H19N5O/c1-10-4-5-13-19-12(8-22(13)7-10)15-20-11-6-17(2,3)9-18-16(23)14(11)21-15/h4-5,7-8H,6,9H2,1-3H3,(H,18,23)(H,20,21). The molecule has 3 aromatic heterocycles.